The van der Waals surface area contributed by atoms with Crippen LogP contribution >= 0.6 is 11.3 Å². The van der Waals surface area contributed by atoms with E-state index in [9.17, 15) is 18.0 Å². The molecule has 0 saturated heterocycles. The number of hydrogen-bond acceptors (Lipinski definition) is 6. The van der Waals surface area contributed by atoms with E-state index in [0.29, 0.717) is 23.9 Å². The van der Waals surface area contributed by atoms with Gasteiger partial charge < -0.3 is 4.74 Å². The number of rotatable bonds is 4. The zero-order valence-corrected chi connectivity index (χ0v) is 13.6. The van der Waals surface area contributed by atoms with E-state index in [1.54, 1.807) is 18.2 Å². The zero-order valence-electron chi connectivity index (χ0n) is 12.8. The molecule has 0 unspecified atom stereocenters. The topological polar surface area (TPSA) is 77.0 Å². The van der Waals surface area contributed by atoms with Crippen molar-refractivity contribution in [3.63, 3.8) is 0 Å². The molecular weight excluding hydrogens is 357 g/mol. The molecule has 0 radical (unpaired) electrons. The van der Waals surface area contributed by atoms with Crippen molar-refractivity contribution >= 4 is 32.6 Å². The minimum atomic E-state index is -4.65. The molecule has 0 saturated carbocycles. The summed E-state index contributed by atoms with van der Waals surface area (Å²) in [6.07, 6.45) is -3.76. The number of carbonyl (C=O) groups is 1. The van der Waals surface area contributed by atoms with Crippen molar-refractivity contribution in [2.75, 3.05) is 11.9 Å². The third-order valence-corrected chi connectivity index (χ3v) is 3.97. The average Bonchev–Trinajstić information content (AvgIpc) is 2.96. The Morgan fingerprint density at radius 3 is 2.80 bits per heavy atom. The second-order valence-corrected chi connectivity index (χ2v) is 5.83. The molecule has 130 valence electrons. The van der Waals surface area contributed by atoms with Crippen molar-refractivity contribution in [3.8, 4) is 5.75 Å². The van der Waals surface area contributed by atoms with Gasteiger partial charge in [0.25, 0.3) is 5.91 Å². The van der Waals surface area contributed by atoms with Gasteiger partial charge in [-0.25, -0.2) is 15.0 Å². The van der Waals surface area contributed by atoms with Crippen LogP contribution in [0.3, 0.4) is 0 Å². The largest absolute Gasteiger partial charge is 0.494 e. The quantitative estimate of drug-likeness (QED) is 0.759. The molecule has 0 spiro atoms. The Bertz CT molecular complexity index is 927. The van der Waals surface area contributed by atoms with Crippen LogP contribution in [-0.2, 0) is 6.18 Å². The maximum Gasteiger partial charge on any atom is 0.433 e. The standard InChI is InChI=1S/C15H11F3N4O2S/c1-2-24-8-3-4-9-10(7-8)25-14(20-9)22-13(23)12-19-6-5-11(21-12)15(16,17)18/h3-7H,2H2,1H3,(H,20,22,23). The van der Waals surface area contributed by atoms with Crippen LogP contribution < -0.4 is 10.1 Å². The number of hydrogen-bond donors (Lipinski definition) is 1. The summed E-state index contributed by atoms with van der Waals surface area (Å²) in [7, 11) is 0. The van der Waals surface area contributed by atoms with Crippen LogP contribution in [0.5, 0.6) is 5.75 Å². The molecule has 0 atom stereocenters. The first-order chi connectivity index (χ1) is 11.9. The summed E-state index contributed by atoms with van der Waals surface area (Å²) in [5.74, 6) is -0.781. The normalized spacial score (nSPS) is 11.5. The first-order valence-corrected chi connectivity index (χ1v) is 7.93. The summed E-state index contributed by atoms with van der Waals surface area (Å²) < 4.78 is 44.1. The number of fused-ring (bicyclic) bond motifs is 1. The van der Waals surface area contributed by atoms with Gasteiger partial charge >= 0.3 is 6.18 Å². The summed E-state index contributed by atoms with van der Waals surface area (Å²) in [5, 5.41) is 2.64. The Labute approximate surface area is 143 Å². The van der Waals surface area contributed by atoms with Gasteiger partial charge in [0.05, 0.1) is 16.8 Å². The van der Waals surface area contributed by atoms with Gasteiger partial charge in [-0.05, 0) is 31.2 Å². The minimum Gasteiger partial charge on any atom is -0.494 e. The van der Waals surface area contributed by atoms with Gasteiger partial charge in [-0.3, -0.25) is 10.1 Å². The summed E-state index contributed by atoms with van der Waals surface area (Å²) >= 11 is 1.17. The Balaban J connectivity index is 1.82. The van der Waals surface area contributed by atoms with Crippen LogP contribution in [0.2, 0.25) is 0 Å². The molecule has 6 nitrogen and oxygen atoms in total. The number of aromatic nitrogens is 3. The molecule has 0 fully saturated rings. The first-order valence-electron chi connectivity index (χ1n) is 7.12. The molecule has 0 aliphatic carbocycles. The summed E-state index contributed by atoms with van der Waals surface area (Å²) in [6.45, 7) is 2.37. The van der Waals surface area contributed by atoms with Crippen molar-refractivity contribution in [2.24, 2.45) is 0 Å². The van der Waals surface area contributed by atoms with Crippen molar-refractivity contribution in [3.05, 3.63) is 42.0 Å². The van der Waals surface area contributed by atoms with Crippen molar-refractivity contribution in [2.45, 2.75) is 13.1 Å². The third kappa shape index (κ3) is 3.85. The van der Waals surface area contributed by atoms with E-state index >= 15 is 0 Å². The molecule has 2 heterocycles. The van der Waals surface area contributed by atoms with E-state index in [1.165, 1.54) is 11.3 Å². The molecule has 2 aromatic heterocycles. The van der Waals surface area contributed by atoms with Crippen LogP contribution in [0.4, 0.5) is 18.3 Å². The average molecular weight is 368 g/mol. The first kappa shape index (κ1) is 17.1. The second kappa shape index (κ2) is 6.63. The van der Waals surface area contributed by atoms with Crippen molar-refractivity contribution in [1.29, 1.82) is 0 Å². The van der Waals surface area contributed by atoms with Gasteiger partial charge in [-0.1, -0.05) is 11.3 Å². The van der Waals surface area contributed by atoms with E-state index < -0.39 is 23.6 Å². The predicted octanol–water partition coefficient (Wildman–Crippen LogP) is 3.76. The number of benzene rings is 1. The van der Waals surface area contributed by atoms with E-state index in [1.807, 2.05) is 6.92 Å². The molecule has 3 aromatic rings. The number of ether oxygens (including phenoxy) is 1. The Morgan fingerprint density at radius 2 is 2.08 bits per heavy atom. The minimum absolute atomic E-state index is 0.231. The Kier molecular flexibility index (Phi) is 4.53. The molecule has 1 aromatic carbocycles. The number of alkyl halides is 3. The SMILES string of the molecule is CCOc1ccc2nc(NC(=O)c3nccc(C(F)(F)F)n3)sc2c1. The highest BCUT2D eigenvalue weighted by Crippen LogP contribution is 2.30. The number of thiazole rings is 1. The Hall–Kier alpha value is -2.75. The van der Waals surface area contributed by atoms with Crippen LogP contribution in [0, 0.1) is 0 Å². The zero-order chi connectivity index (χ0) is 18.0. The lowest BCUT2D eigenvalue weighted by Crippen LogP contribution is -2.18. The van der Waals surface area contributed by atoms with E-state index in [0.717, 1.165) is 10.9 Å². The number of amides is 1. The van der Waals surface area contributed by atoms with E-state index in [-0.39, 0.29) is 5.13 Å². The highest BCUT2D eigenvalue weighted by molar-refractivity contribution is 7.22. The van der Waals surface area contributed by atoms with E-state index in [2.05, 4.69) is 20.3 Å². The fourth-order valence-corrected chi connectivity index (χ4v) is 2.88. The number of nitrogens with one attached hydrogen (secondary N) is 1. The van der Waals surface area contributed by atoms with Crippen LogP contribution in [-0.4, -0.2) is 27.5 Å². The molecule has 25 heavy (non-hydrogen) atoms. The van der Waals surface area contributed by atoms with Crippen LogP contribution in [0.1, 0.15) is 23.2 Å². The maximum absolute atomic E-state index is 12.7. The number of anilines is 1. The van der Waals surface area contributed by atoms with Crippen molar-refractivity contribution < 1.29 is 22.7 Å². The predicted molar refractivity (Wildman–Crippen MR) is 85.8 cm³/mol. The highest BCUT2D eigenvalue weighted by atomic mass is 32.1. The fourth-order valence-electron chi connectivity index (χ4n) is 1.99. The van der Waals surface area contributed by atoms with Crippen LogP contribution in [0.25, 0.3) is 10.2 Å². The molecule has 0 bridgehead atoms. The third-order valence-electron chi connectivity index (χ3n) is 3.04. The number of halogens is 3. The molecule has 1 N–H and O–H groups in total. The fraction of sp³-hybridized carbons (Fsp3) is 0.200. The number of carbonyl (C=O) groups excluding carboxylic acids is 1. The van der Waals surface area contributed by atoms with E-state index in [4.69, 9.17) is 4.74 Å². The number of nitrogens with zero attached hydrogens (tertiary/aromatic N) is 3. The lowest BCUT2D eigenvalue weighted by atomic mass is 10.3. The van der Waals surface area contributed by atoms with Gasteiger partial charge in [0, 0.05) is 6.20 Å². The summed E-state index contributed by atoms with van der Waals surface area (Å²) in [5.41, 5.74) is -0.549. The van der Waals surface area contributed by atoms with Gasteiger partial charge in [0.1, 0.15) is 11.4 Å². The molecule has 0 aliphatic heterocycles. The highest BCUT2D eigenvalue weighted by Gasteiger charge is 2.33. The second-order valence-electron chi connectivity index (χ2n) is 4.80. The molecule has 1 amide bonds. The molecule has 10 heteroatoms. The van der Waals surface area contributed by atoms with Gasteiger partial charge in [0.2, 0.25) is 5.82 Å². The van der Waals surface area contributed by atoms with Gasteiger partial charge in [-0.15, -0.1) is 0 Å². The van der Waals surface area contributed by atoms with Gasteiger partial charge in [-0.2, -0.15) is 13.2 Å². The monoisotopic (exact) mass is 368 g/mol. The lowest BCUT2D eigenvalue weighted by molar-refractivity contribution is -0.141. The van der Waals surface area contributed by atoms with Crippen molar-refractivity contribution in [1.82, 2.24) is 15.0 Å². The Morgan fingerprint density at radius 1 is 1.28 bits per heavy atom. The lowest BCUT2D eigenvalue weighted by Gasteiger charge is -2.06. The molecular formula is C15H11F3N4O2S. The summed E-state index contributed by atoms with van der Waals surface area (Å²) in [4.78, 5) is 23.1. The molecule has 0 aliphatic rings. The van der Waals surface area contributed by atoms with Crippen LogP contribution in [0.15, 0.2) is 30.5 Å². The van der Waals surface area contributed by atoms with Gasteiger partial charge in [0.15, 0.2) is 5.13 Å². The smallest absolute Gasteiger partial charge is 0.433 e. The summed E-state index contributed by atoms with van der Waals surface area (Å²) in [6, 6.07) is 5.94. The maximum atomic E-state index is 12.7. The molecule has 3 rings (SSSR count).